The zero-order valence-electron chi connectivity index (χ0n) is 10.7. The van der Waals surface area contributed by atoms with Gasteiger partial charge in [-0.25, -0.2) is 0 Å². The number of anilines is 1. The van der Waals surface area contributed by atoms with Gasteiger partial charge in [-0.2, -0.15) is 0 Å². The number of carboxylic acid groups (broad SMARTS) is 1. The number of nitrogens with zero attached hydrogens (tertiary/aromatic N) is 3. The standard InChI is InChI=1S/C12H18N4O2S/c13-11-14-15-12(19-6-10(17)18)16(11)5-9-4-7-1-2-8(9)3-7/h7-9H,1-6H2,(H2,13,14)(H,17,18). The Hall–Kier alpha value is -1.24. The van der Waals surface area contributed by atoms with Gasteiger partial charge in [-0.05, 0) is 37.0 Å². The van der Waals surface area contributed by atoms with Crippen LogP contribution in [-0.2, 0) is 11.3 Å². The Bertz CT molecular complexity index is 490. The summed E-state index contributed by atoms with van der Waals surface area (Å²) in [5, 5.41) is 17.2. The highest BCUT2D eigenvalue weighted by Gasteiger charge is 2.39. The fraction of sp³-hybridized carbons (Fsp3) is 0.750. The number of rotatable bonds is 5. The van der Waals surface area contributed by atoms with E-state index in [1.54, 1.807) is 0 Å². The van der Waals surface area contributed by atoms with Gasteiger partial charge < -0.3 is 10.8 Å². The van der Waals surface area contributed by atoms with Crippen molar-refractivity contribution in [2.75, 3.05) is 11.5 Å². The molecule has 1 heterocycles. The molecule has 2 bridgehead atoms. The van der Waals surface area contributed by atoms with Gasteiger partial charge in [0.05, 0.1) is 5.75 Å². The molecule has 1 aromatic rings. The first-order chi connectivity index (χ1) is 9.13. The van der Waals surface area contributed by atoms with Crippen molar-refractivity contribution >= 4 is 23.7 Å². The summed E-state index contributed by atoms with van der Waals surface area (Å²) in [6.07, 6.45) is 5.32. The molecule has 0 spiro atoms. The molecule has 3 N–H and O–H groups in total. The summed E-state index contributed by atoms with van der Waals surface area (Å²) < 4.78 is 1.89. The lowest BCUT2D eigenvalue weighted by molar-refractivity contribution is -0.133. The number of aromatic nitrogens is 3. The van der Waals surface area contributed by atoms with Crippen molar-refractivity contribution in [2.45, 2.75) is 37.4 Å². The highest BCUT2D eigenvalue weighted by atomic mass is 32.2. The summed E-state index contributed by atoms with van der Waals surface area (Å²) in [6, 6.07) is 0. The predicted octanol–water partition coefficient (Wildman–Crippen LogP) is 1.47. The normalized spacial score (nSPS) is 28.9. The number of nitrogens with two attached hydrogens (primary N) is 1. The van der Waals surface area contributed by atoms with Crippen molar-refractivity contribution in [2.24, 2.45) is 17.8 Å². The van der Waals surface area contributed by atoms with Crippen LogP contribution in [0.4, 0.5) is 5.95 Å². The highest BCUT2D eigenvalue weighted by Crippen LogP contribution is 2.49. The summed E-state index contributed by atoms with van der Waals surface area (Å²) in [7, 11) is 0. The molecule has 104 valence electrons. The van der Waals surface area contributed by atoms with E-state index in [1.165, 1.54) is 37.4 Å². The van der Waals surface area contributed by atoms with E-state index in [1.807, 2.05) is 4.57 Å². The monoisotopic (exact) mass is 282 g/mol. The SMILES string of the molecule is Nc1nnc(SCC(=O)O)n1CC1CC2CCC1C2. The Morgan fingerprint density at radius 1 is 1.42 bits per heavy atom. The zero-order chi connectivity index (χ0) is 13.4. The van der Waals surface area contributed by atoms with E-state index in [-0.39, 0.29) is 5.75 Å². The van der Waals surface area contributed by atoms with Crippen LogP contribution in [0, 0.1) is 17.8 Å². The molecular formula is C12H18N4O2S. The molecular weight excluding hydrogens is 264 g/mol. The third kappa shape index (κ3) is 2.56. The molecule has 2 aliphatic rings. The van der Waals surface area contributed by atoms with Crippen molar-refractivity contribution in [3.63, 3.8) is 0 Å². The first kappa shape index (κ1) is 12.8. The number of carboxylic acids is 1. The van der Waals surface area contributed by atoms with Gasteiger partial charge in [0.2, 0.25) is 5.95 Å². The van der Waals surface area contributed by atoms with E-state index in [0.717, 1.165) is 18.4 Å². The van der Waals surface area contributed by atoms with Crippen LogP contribution in [0.1, 0.15) is 25.7 Å². The van der Waals surface area contributed by atoms with Crippen LogP contribution in [0.3, 0.4) is 0 Å². The van der Waals surface area contributed by atoms with Gasteiger partial charge in [0.25, 0.3) is 0 Å². The van der Waals surface area contributed by atoms with Crippen molar-refractivity contribution in [3.05, 3.63) is 0 Å². The van der Waals surface area contributed by atoms with Crippen LogP contribution in [0.15, 0.2) is 5.16 Å². The van der Waals surface area contributed by atoms with Crippen molar-refractivity contribution in [3.8, 4) is 0 Å². The summed E-state index contributed by atoms with van der Waals surface area (Å²) in [4.78, 5) is 10.6. The van der Waals surface area contributed by atoms with E-state index >= 15 is 0 Å². The fourth-order valence-corrected chi connectivity index (χ4v) is 4.21. The van der Waals surface area contributed by atoms with Gasteiger partial charge in [0.1, 0.15) is 0 Å². The number of fused-ring (bicyclic) bond motifs is 2. The van der Waals surface area contributed by atoms with Gasteiger partial charge in [0.15, 0.2) is 5.16 Å². The van der Waals surface area contributed by atoms with E-state index < -0.39 is 5.97 Å². The quantitative estimate of drug-likeness (QED) is 0.794. The van der Waals surface area contributed by atoms with Crippen LogP contribution in [0.25, 0.3) is 0 Å². The smallest absolute Gasteiger partial charge is 0.313 e. The number of hydrogen-bond acceptors (Lipinski definition) is 5. The van der Waals surface area contributed by atoms with Crippen LogP contribution in [0.5, 0.6) is 0 Å². The highest BCUT2D eigenvalue weighted by molar-refractivity contribution is 7.99. The molecule has 3 rings (SSSR count). The first-order valence-corrected chi connectivity index (χ1v) is 7.65. The molecule has 3 unspecified atom stereocenters. The van der Waals surface area contributed by atoms with E-state index in [0.29, 0.717) is 17.0 Å². The van der Waals surface area contributed by atoms with Crippen molar-refractivity contribution in [1.82, 2.24) is 14.8 Å². The second kappa shape index (κ2) is 5.03. The van der Waals surface area contributed by atoms with E-state index in [9.17, 15) is 4.79 Å². The average molecular weight is 282 g/mol. The Kier molecular flexibility index (Phi) is 3.38. The zero-order valence-corrected chi connectivity index (χ0v) is 11.5. The second-order valence-electron chi connectivity index (χ2n) is 5.57. The molecule has 2 fully saturated rings. The molecule has 0 radical (unpaired) electrons. The molecule has 0 amide bonds. The number of carbonyl (C=O) groups is 1. The van der Waals surface area contributed by atoms with Gasteiger partial charge in [0, 0.05) is 6.54 Å². The van der Waals surface area contributed by atoms with Gasteiger partial charge in [-0.15, -0.1) is 10.2 Å². The minimum absolute atomic E-state index is 0.00511. The van der Waals surface area contributed by atoms with E-state index in [4.69, 9.17) is 10.8 Å². The van der Waals surface area contributed by atoms with Crippen LogP contribution in [0.2, 0.25) is 0 Å². The molecule has 0 aromatic carbocycles. The molecule has 0 aliphatic heterocycles. The molecule has 1 aromatic heterocycles. The summed E-state index contributed by atoms with van der Waals surface area (Å²) in [5.41, 5.74) is 5.85. The fourth-order valence-electron chi connectivity index (χ4n) is 3.54. The van der Waals surface area contributed by atoms with Gasteiger partial charge in [-0.3, -0.25) is 9.36 Å². The summed E-state index contributed by atoms with van der Waals surface area (Å²) in [5.74, 6) is 1.90. The summed E-state index contributed by atoms with van der Waals surface area (Å²) >= 11 is 1.19. The number of aliphatic carboxylic acids is 1. The lowest BCUT2D eigenvalue weighted by Gasteiger charge is -2.22. The number of nitrogen functional groups attached to an aromatic ring is 1. The van der Waals surface area contributed by atoms with Gasteiger partial charge in [-0.1, -0.05) is 18.2 Å². The van der Waals surface area contributed by atoms with Crippen LogP contribution in [-0.4, -0.2) is 31.6 Å². The molecule has 19 heavy (non-hydrogen) atoms. The molecule has 3 atom stereocenters. The third-order valence-electron chi connectivity index (χ3n) is 4.37. The largest absolute Gasteiger partial charge is 0.481 e. The Balaban J connectivity index is 1.69. The first-order valence-electron chi connectivity index (χ1n) is 6.66. The second-order valence-corrected chi connectivity index (χ2v) is 6.51. The Morgan fingerprint density at radius 2 is 2.26 bits per heavy atom. The Labute approximate surface area is 115 Å². The lowest BCUT2D eigenvalue weighted by Crippen LogP contribution is -2.19. The maximum Gasteiger partial charge on any atom is 0.313 e. The van der Waals surface area contributed by atoms with Crippen LogP contribution >= 0.6 is 11.8 Å². The number of thioether (sulfide) groups is 1. The minimum Gasteiger partial charge on any atom is -0.481 e. The maximum atomic E-state index is 10.6. The lowest BCUT2D eigenvalue weighted by atomic mass is 9.89. The summed E-state index contributed by atoms with van der Waals surface area (Å²) in [6.45, 7) is 0.835. The van der Waals surface area contributed by atoms with E-state index in [2.05, 4.69) is 10.2 Å². The topological polar surface area (TPSA) is 94.0 Å². The molecule has 2 saturated carbocycles. The minimum atomic E-state index is -0.849. The maximum absolute atomic E-state index is 10.6. The third-order valence-corrected chi connectivity index (χ3v) is 5.32. The molecule has 0 saturated heterocycles. The average Bonchev–Trinajstić information content (AvgIpc) is 3.05. The van der Waals surface area contributed by atoms with Gasteiger partial charge >= 0.3 is 5.97 Å². The Morgan fingerprint density at radius 3 is 2.89 bits per heavy atom. The molecule has 2 aliphatic carbocycles. The van der Waals surface area contributed by atoms with Crippen molar-refractivity contribution in [1.29, 1.82) is 0 Å². The molecule has 7 heteroatoms. The van der Waals surface area contributed by atoms with Crippen LogP contribution < -0.4 is 5.73 Å². The molecule has 6 nitrogen and oxygen atoms in total. The number of hydrogen-bond donors (Lipinski definition) is 2. The van der Waals surface area contributed by atoms with Crippen molar-refractivity contribution < 1.29 is 9.90 Å². The predicted molar refractivity (Wildman–Crippen MR) is 71.7 cm³/mol.